The summed E-state index contributed by atoms with van der Waals surface area (Å²) >= 11 is 0. The minimum atomic E-state index is -1.24. The fraction of sp³-hybridized carbons (Fsp3) is 0.0909. The summed E-state index contributed by atoms with van der Waals surface area (Å²) < 4.78 is 0. The van der Waals surface area contributed by atoms with Crippen LogP contribution in [0.2, 0.25) is 0 Å². The van der Waals surface area contributed by atoms with Crippen molar-refractivity contribution in [1.82, 2.24) is 0 Å². The Kier molecular flexibility index (Phi) is 5.80. The zero-order chi connectivity index (χ0) is 21.0. The highest BCUT2D eigenvalue weighted by Crippen LogP contribution is 2.28. The molecule has 0 saturated heterocycles. The van der Waals surface area contributed by atoms with Crippen LogP contribution in [-0.2, 0) is 13.1 Å². The first-order chi connectivity index (χ1) is 13.9. The second kappa shape index (κ2) is 8.45. The lowest BCUT2D eigenvalue weighted by Gasteiger charge is -2.12. The van der Waals surface area contributed by atoms with Crippen molar-refractivity contribution in [1.29, 1.82) is 0 Å². The van der Waals surface area contributed by atoms with Crippen molar-refractivity contribution in [2.45, 2.75) is 13.1 Å². The minimum Gasteiger partial charge on any atom is -0.507 e. The number of rotatable bonds is 7. The maximum Gasteiger partial charge on any atom is 0.339 e. The number of anilines is 1. The molecule has 0 atom stereocenters. The summed E-state index contributed by atoms with van der Waals surface area (Å²) in [5.41, 5.74) is 9.16. The van der Waals surface area contributed by atoms with E-state index < -0.39 is 11.9 Å². The predicted molar refractivity (Wildman–Crippen MR) is 109 cm³/mol. The Morgan fingerprint density at radius 2 is 1.66 bits per heavy atom. The lowest BCUT2D eigenvalue weighted by molar-refractivity contribution is 0.0684. The fourth-order valence-corrected chi connectivity index (χ4v) is 2.99. The number of aromatic carboxylic acids is 2. The van der Waals surface area contributed by atoms with E-state index in [1.54, 1.807) is 12.1 Å². The van der Waals surface area contributed by atoms with E-state index in [0.717, 1.165) is 16.8 Å². The molecule has 6 N–H and O–H groups in total. The number of phenols is 1. The summed E-state index contributed by atoms with van der Waals surface area (Å²) in [5.74, 6) is -2.70. The molecule has 7 heteroatoms. The van der Waals surface area contributed by atoms with E-state index in [2.05, 4.69) is 5.32 Å². The van der Waals surface area contributed by atoms with Crippen LogP contribution in [0.15, 0.2) is 60.7 Å². The molecule has 0 spiro atoms. The normalized spacial score (nSPS) is 10.5. The molecule has 148 valence electrons. The van der Waals surface area contributed by atoms with Gasteiger partial charge in [0.25, 0.3) is 0 Å². The molecule has 3 aromatic rings. The first-order valence-electron chi connectivity index (χ1n) is 8.84. The molecular formula is C22H20N2O5. The van der Waals surface area contributed by atoms with Gasteiger partial charge in [0.15, 0.2) is 0 Å². The monoisotopic (exact) mass is 392 g/mol. The summed E-state index contributed by atoms with van der Waals surface area (Å²) in [4.78, 5) is 22.6. The molecule has 0 amide bonds. The molecule has 7 nitrogen and oxygen atoms in total. The van der Waals surface area contributed by atoms with Crippen LogP contribution in [0, 0.1) is 0 Å². The van der Waals surface area contributed by atoms with E-state index in [4.69, 9.17) is 10.8 Å². The van der Waals surface area contributed by atoms with Crippen LogP contribution >= 0.6 is 0 Å². The molecule has 0 saturated carbocycles. The number of hydrogen-bond donors (Lipinski definition) is 5. The number of carboxylic acid groups (broad SMARTS) is 2. The molecule has 0 aliphatic heterocycles. The van der Waals surface area contributed by atoms with Crippen LogP contribution in [0.4, 0.5) is 5.69 Å². The van der Waals surface area contributed by atoms with Crippen LogP contribution in [-0.4, -0.2) is 27.3 Å². The van der Waals surface area contributed by atoms with Crippen LogP contribution in [0.3, 0.4) is 0 Å². The highest BCUT2D eigenvalue weighted by atomic mass is 16.4. The van der Waals surface area contributed by atoms with Crippen LogP contribution in [0.1, 0.15) is 31.8 Å². The maximum absolute atomic E-state index is 11.5. The first kappa shape index (κ1) is 19.9. The van der Waals surface area contributed by atoms with Crippen molar-refractivity contribution >= 4 is 17.6 Å². The van der Waals surface area contributed by atoms with Gasteiger partial charge in [0, 0.05) is 18.8 Å². The van der Waals surface area contributed by atoms with Crippen LogP contribution in [0.5, 0.6) is 5.75 Å². The first-order valence-corrected chi connectivity index (χ1v) is 8.84. The number of nitrogens with one attached hydrogen (secondary N) is 1. The third-order valence-corrected chi connectivity index (χ3v) is 4.46. The van der Waals surface area contributed by atoms with E-state index in [1.807, 2.05) is 24.3 Å². The zero-order valence-corrected chi connectivity index (χ0v) is 15.4. The Balaban J connectivity index is 1.92. The van der Waals surface area contributed by atoms with Gasteiger partial charge in [0.1, 0.15) is 11.3 Å². The highest BCUT2D eigenvalue weighted by Gasteiger charge is 2.13. The second-order valence-electron chi connectivity index (χ2n) is 6.52. The Bertz CT molecular complexity index is 1080. The van der Waals surface area contributed by atoms with E-state index in [1.165, 1.54) is 24.3 Å². The van der Waals surface area contributed by atoms with Crippen LogP contribution in [0.25, 0.3) is 11.1 Å². The van der Waals surface area contributed by atoms with Gasteiger partial charge in [-0.15, -0.1) is 0 Å². The molecule has 0 unspecified atom stereocenters. The van der Waals surface area contributed by atoms with E-state index in [-0.39, 0.29) is 16.9 Å². The number of hydrogen-bond acceptors (Lipinski definition) is 5. The van der Waals surface area contributed by atoms with E-state index >= 15 is 0 Å². The summed E-state index contributed by atoms with van der Waals surface area (Å²) in [6.07, 6.45) is 0. The maximum atomic E-state index is 11.5. The molecule has 0 aliphatic rings. The average molecular weight is 392 g/mol. The second-order valence-corrected chi connectivity index (χ2v) is 6.52. The fourth-order valence-electron chi connectivity index (χ4n) is 2.99. The van der Waals surface area contributed by atoms with E-state index in [0.29, 0.717) is 24.2 Å². The van der Waals surface area contributed by atoms with Gasteiger partial charge in [-0.2, -0.15) is 0 Å². The Hall–Kier alpha value is -3.84. The standard InChI is InChI=1S/C22H20N2O5/c23-11-13-2-1-3-18(8-13)24-12-14-6-16(9-17(7-14)21(26)27)15-4-5-19(22(28)29)20(25)10-15/h1-10,24-25H,11-12,23H2,(H,26,27)(H,28,29). The van der Waals surface area contributed by atoms with Crippen molar-refractivity contribution in [2.24, 2.45) is 5.73 Å². The van der Waals surface area contributed by atoms with Gasteiger partial charge in [0.05, 0.1) is 5.56 Å². The summed E-state index contributed by atoms with van der Waals surface area (Å²) in [6, 6.07) is 16.6. The summed E-state index contributed by atoms with van der Waals surface area (Å²) in [7, 11) is 0. The van der Waals surface area contributed by atoms with Crippen molar-refractivity contribution < 1.29 is 24.9 Å². The number of carbonyl (C=O) groups is 2. The molecule has 0 bridgehead atoms. The predicted octanol–water partition coefficient (Wildman–Crippen LogP) is 3.53. The largest absolute Gasteiger partial charge is 0.507 e. The van der Waals surface area contributed by atoms with Gasteiger partial charge in [-0.25, -0.2) is 9.59 Å². The van der Waals surface area contributed by atoms with Gasteiger partial charge in [-0.3, -0.25) is 0 Å². The molecular weight excluding hydrogens is 372 g/mol. The van der Waals surface area contributed by atoms with Gasteiger partial charge in [0.2, 0.25) is 0 Å². The van der Waals surface area contributed by atoms with Gasteiger partial charge in [-0.1, -0.05) is 18.2 Å². The van der Waals surface area contributed by atoms with Crippen LogP contribution < -0.4 is 11.1 Å². The van der Waals surface area contributed by atoms with Crippen molar-refractivity contribution in [3.05, 3.63) is 82.9 Å². The summed E-state index contributed by atoms with van der Waals surface area (Å²) in [6.45, 7) is 0.797. The smallest absolute Gasteiger partial charge is 0.339 e. The molecule has 0 radical (unpaired) electrons. The molecule has 0 heterocycles. The number of aromatic hydroxyl groups is 1. The van der Waals surface area contributed by atoms with Crippen molar-refractivity contribution in [3.63, 3.8) is 0 Å². The number of benzene rings is 3. The van der Waals surface area contributed by atoms with Crippen molar-refractivity contribution in [2.75, 3.05) is 5.32 Å². The third-order valence-electron chi connectivity index (χ3n) is 4.46. The van der Waals surface area contributed by atoms with Gasteiger partial charge < -0.3 is 26.4 Å². The molecule has 3 aromatic carbocycles. The molecule has 29 heavy (non-hydrogen) atoms. The highest BCUT2D eigenvalue weighted by molar-refractivity contribution is 5.93. The quantitative estimate of drug-likeness (QED) is 0.415. The number of carboxylic acids is 2. The molecule has 0 aliphatic carbocycles. The molecule has 0 aromatic heterocycles. The lowest BCUT2D eigenvalue weighted by Crippen LogP contribution is -2.04. The summed E-state index contributed by atoms with van der Waals surface area (Å²) in [5, 5.41) is 31.7. The lowest BCUT2D eigenvalue weighted by atomic mass is 9.98. The average Bonchev–Trinajstić information content (AvgIpc) is 2.71. The molecule has 3 rings (SSSR count). The Morgan fingerprint density at radius 3 is 2.31 bits per heavy atom. The van der Waals surface area contributed by atoms with Gasteiger partial charge >= 0.3 is 11.9 Å². The van der Waals surface area contributed by atoms with E-state index in [9.17, 15) is 19.8 Å². The Morgan fingerprint density at radius 1 is 0.862 bits per heavy atom. The van der Waals surface area contributed by atoms with Gasteiger partial charge in [-0.05, 0) is 64.7 Å². The minimum absolute atomic E-state index is 0.0943. The SMILES string of the molecule is NCc1cccc(NCc2cc(C(=O)O)cc(-c3ccc(C(=O)O)c(O)c3)c2)c1. The number of nitrogens with two attached hydrogens (primary N) is 1. The Labute approximate surface area is 167 Å². The zero-order valence-electron chi connectivity index (χ0n) is 15.4. The topological polar surface area (TPSA) is 133 Å². The van der Waals surface area contributed by atoms with Crippen molar-refractivity contribution in [3.8, 4) is 16.9 Å². The molecule has 0 fully saturated rings. The third kappa shape index (κ3) is 4.72.